The molecule has 1 aliphatic rings. The lowest BCUT2D eigenvalue weighted by Crippen LogP contribution is -2.28. The number of para-hydroxylation sites is 2. The van der Waals surface area contributed by atoms with Crippen LogP contribution in [0.2, 0.25) is 0 Å². The van der Waals surface area contributed by atoms with Crippen molar-refractivity contribution < 1.29 is 8.81 Å². The number of nitrogens with zero attached hydrogens (tertiary/aromatic N) is 1. The molecule has 0 saturated heterocycles. The van der Waals surface area contributed by atoms with Gasteiger partial charge in [0.15, 0.2) is 5.58 Å². The van der Waals surface area contributed by atoms with Gasteiger partial charge in [-0.15, -0.1) is 0 Å². The molecule has 1 heterocycles. The molecule has 0 fully saturated rings. The highest BCUT2D eigenvalue weighted by atomic mass is 19.1. The fraction of sp³-hybridized carbons (Fsp3) is 0.0312. The first kappa shape index (κ1) is 19.9. The van der Waals surface area contributed by atoms with Crippen molar-refractivity contribution in [3.63, 3.8) is 0 Å². The second-order valence-electron chi connectivity index (χ2n) is 8.92. The number of hydrogen-bond donors (Lipinski definition) is 0. The number of oxazole rings is 1. The van der Waals surface area contributed by atoms with Gasteiger partial charge in [-0.25, -0.2) is 9.37 Å². The van der Waals surface area contributed by atoms with Crippen LogP contribution in [0.4, 0.5) is 4.39 Å². The Hall–Kier alpha value is -4.50. The van der Waals surface area contributed by atoms with Crippen LogP contribution < -0.4 is 0 Å². The first-order chi connectivity index (χ1) is 17.2. The highest BCUT2D eigenvalue weighted by Gasteiger charge is 2.46. The van der Waals surface area contributed by atoms with Crippen molar-refractivity contribution in [1.29, 1.82) is 0 Å². The van der Waals surface area contributed by atoms with E-state index >= 15 is 0 Å². The Morgan fingerprint density at radius 3 is 2.11 bits per heavy atom. The first-order valence-corrected chi connectivity index (χ1v) is 11.7. The number of aromatic nitrogens is 1. The Bertz CT molecular complexity index is 1670. The van der Waals surface area contributed by atoms with Gasteiger partial charge in [-0.2, -0.15) is 0 Å². The molecule has 1 aromatic heterocycles. The lowest BCUT2D eigenvalue weighted by atomic mass is 9.67. The van der Waals surface area contributed by atoms with E-state index in [0.717, 1.165) is 38.9 Å². The smallest absolute Gasteiger partial charge is 0.227 e. The molecular formula is C32H20FNO. The number of rotatable bonds is 3. The van der Waals surface area contributed by atoms with Crippen molar-refractivity contribution in [3.05, 3.63) is 149 Å². The molecule has 1 atom stereocenters. The molecule has 0 aliphatic heterocycles. The summed E-state index contributed by atoms with van der Waals surface area (Å²) in [5.41, 5.74) is 8.72. The van der Waals surface area contributed by atoms with Crippen LogP contribution in [0.5, 0.6) is 0 Å². The molecule has 1 unspecified atom stereocenters. The summed E-state index contributed by atoms with van der Waals surface area (Å²) in [6, 6.07) is 40.1. The van der Waals surface area contributed by atoms with Crippen molar-refractivity contribution in [1.82, 2.24) is 4.98 Å². The molecule has 6 aromatic rings. The minimum absolute atomic E-state index is 0.247. The molecular weight excluding hydrogens is 433 g/mol. The van der Waals surface area contributed by atoms with E-state index in [1.54, 1.807) is 12.1 Å². The van der Waals surface area contributed by atoms with Crippen LogP contribution in [-0.2, 0) is 5.41 Å². The zero-order valence-electron chi connectivity index (χ0n) is 18.8. The molecule has 0 N–H and O–H groups in total. The maximum absolute atomic E-state index is 14.1. The molecule has 3 heteroatoms. The number of halogens is 1. The Labute approximate surface area is 202 Å². The van der Waals surface area contributed by atoms with Crippen LogP contribution in [0.25, 0.3) is 33.7 Å². The van der Waals surface area contributed by atoms with Crippen molar-refractivity contribution in [3.8, 4) is 22.6 Å². The number of hydrogen-bond acceptors (Lipinski definition) is 2. The summed E-state index contributed by atoms with van der Waals surface area (Å²) in [6.07, 6.45) is 0. The molecule has 5 aromatic carbocycles. The second kappa shape index (κ2) is 7.51. The summed E-state index contributed by atoms with van der Waals surface area (Å²) in [7, 11) is 0. The van der Waals surface area contributed by atoms with Gasteiger partial charge in [0.1, 0.15) is 11.3 Å². The van der Waals surface area contributed by atoms with E-state index in [4.69, 9.17) is 9.40 Å². The largest absolute Gasteiger partial charge is 0.436 e. The van der Waals surface area contributed by atoms with Crippen LogP contribution in [0.3, 0.4) is 0 Å². The first-order valence-electron chi connectivity index (χ1n) is 11.7. The van der Waals surface area contributed by atoms with Crippen molar-refractivity contribution in [2.45, 2.75) is 5.41 Å². The lowest BCUT2D eigenvalue weighted by Gasteiger charge is -2.34. The third-order valence-corrected chi connectivity index (χ3v) is 7.07. The van der Waals surface area contributed by atoms with Gasteiger partial charge in [0.05, 0.1) is 5.41 Å². The molecule has 0 saturated carbocycles. The van der Waals surface area contributed by atoms with E-state index in [1.165, 1.54) is 11.1 Å². The Morgan fingerprint density at radius 1 is 0.600 bits per heavy atom. The van der Waals surface area contributed by atoms with Crippen LogP contribution in [0.1, 0.15) is 22.3 Å². The summed E-state index contributed by atoms with van der Waals surface area (Å²) in [5, 5.41) is 0. The predicted molar refractivity (Wildman–Crippen MR) is 137 cm³/mol. The van der Waals surface area contributed by atoms with Crippen molar-refractivity contribution >= 4 is 11.1 Å². The standard InChI is InChI=1S/C32H20FNO/c33-24-17-15-23(16-18-24)32(22-8-2-1-3-9-22)27-11-5-4-10-25(27)26-19-14-21(20-28(26)32)31-34-29-12-6-7-13-30(29)35-31/h1-20H. The van der Waals surface area contributed by atoms with E-state index in [0.29, 0.717) is 5.89 Å². The molecule has 7 rings (SSSR count). The maximum Gasteiger partial charge on any atom is 0.227 e. The Kier molecular flexibility index (Phi) is 4.27. The van der Waals surface area contributed by atoms with Gasteiger partial charge < -0.3 is 4.42 Å². The Balaban J connectivity index is 1.57. The minimum atomic E-state index is -0.594. The summed E-state index contributed by atoms with van der Waals surface area (Å²) < 4.78 is 20.2. The van der Waals surface area contributed by atoms with Crippen LogP contribution >= 0.6 is 0 Å². The zero-order chi connectivity index (χ0) is 23.4. The molecule has 0 radical (unpaired) electrons. The van der Waals surface area contributed by atoms with E-state index in [9.17, 15) is 4.39 Å². The molecule has 35 heavy (non-hydrogen) atoms. The average molecular weight is 454 g/mol. The predicted octanol–water partition coefficient (Wildman–Crippen LogP) is 8.00. The van der Waals surface area contributed by atoms with Gasteiger partial charge in [0.2, 0.25) is 5.89 Å². The third-order valence-electron chi connectivity index (χ3n) is 7.07. The van der Waals surface area contributed by atoms with Gasteiger partial charge in [0, 0.05) is 5.56 Å². The SMILES string of the molecule is Fc1ccc(C2(c3ccccc3)c3ccccc3-c3ccc(-c4nc5ccccc5o4)cc32)cc1. The molecule has 0 amide bonds. The highest BCUT2D eigenvalue weighted by molar-refractivity contribution is 5.88. The monoisotopic (exact) mass is 453 g/mol. The van der Waals surface area contributed by atoms with Crippen LogP contribution in [0.15, 0.2) is 126 Å². The number of benzene rings is 5. The Morgan fingerprint density at radius 2 is 1.29 bits per heavy atom. The van der Waals surface area contributed by atoms with E-state index < -0.39 is 5.41 Å². The van der Waals surface area contributed by atoms with E-state index in [1.807, 2.05) is 42.5 Å². The lowest BCUT2D eigenvalue weighted by molar-refractivity contribution is 0.619. The van der Waals surface area contributed by atoms with Crippen LogP contribution in [-0.4, -0.2) is 4.98 Å². The van der Waals surface area contributed by atoms with Gasteiger partial charge in [-0.3, -0.25) is 0 Å². The molecule has 0 spiro atoms. The summed E-state index contributed by atoms with van der Waals surface area (Å²) in [4.78, 5) is 4.75. The fourth-order valence-corrected chi connectivity index (χ4v) is 5.58. The van der Waals surface area contributed by atoms with Gasteiger partial charge in [-0.05, 0) is 69.8 Å². The molecule has 2 nitrogen and oxygen atoms in total. The minimum Gasteiger partial charge on any atom is -0.436 e. The fourth-order valence-electron chi connectivity index (χ4n) is 5.58. The quantitative estimate of drug-likeness (QED) is 0.271. The summed E-state index contributed by atoms with van der Waals surface area (Å²) in [6.45, 7) is 0. The molecule has 166 valence electrons. The third kappa shape index (κ3) is 2.85. The van der Waals surface area contributed by atoms with E-state index in [2.05, 4.69) is 66.7 Å². The van der Waals surface area contributed by atoms with Crippen molar-refractivity contribution in [2.75, 3.05) is 0 Å². The van der Waals surface area contributed by atoms with Gasteiger partial charge in [0.25, 0.3) is 0 Å². The zero-order valence-corrected chi connectivity index (χ0v) is 18.8. The van der Waals surface area contributed by atoms with Gasteiger partial charge in [-0.1, -0.05) is 84.9 Å². The topological polar surface area (TPSA) is 26.0 Å². The average Bonchev–Trinajstić information content (AvgIpc) is 3.47. The molecule has 1 aliphatic carbocycles. The summed E-state index contributed by atoms with van der Waals surface area (Å²) in [5.74, 6) is 0.342. The number of fused-ring (bicyclic) bond motifs is 4. The van der Waals surface area contributed by atoms with E-state index in [-0.39, 0.29) is 5.82 Å². The van der Waals surface area contributed by atoms with Crippen molar-refractivity contribution in [2.24, 2.45) is 0 Å². The molecule has 0 bridgehead atoms. The second-order valence-corrected chi connectivity index (χ2v) is 8.92. The van der Waals surface area contributed by atoms with Crippen LogP contribution in [0, 0.1) is 5.82 Å². The maximum atomic E-state index is 14.1. The highest BCUT2D eigenvalue weighted by Crippen LogP contribution is 2.56. The normalized spacial score (nSPS) is 16.3. The summed E-state index contributed by atoms with van der Waals surface area (Å²) >= 11 is 0. The van der Waals surface area contributed by atoms with Gasteiger partial charge >= 0.3 is 0 Å².